The predicted molar refractivity (Wildman–Crippen MR) is 120 cm³/mol. The van der Waals surface area contributed by atoms with E-state index >= 15 is 0 Å². The molecular weight excluding hydrogens is 429 g/mol. The smallest absolute Gasteiger partial charge is 0.223 e. The quantitative estimate of drug-likeness (QED) is 0.458. The minimum absolute atomic E-state index is 0.0194. The van der Waals surface area contributed by atoms with Gasteiger partial charge in [0.1, 0.15) is 17.5 Å². The third-order valence-corrected chi connectivity index (χ3v) is 7.12. The van der Waals surface area contributed by atoms with Crippen molar-refractivity contribution in [2.24, 2.45) is 11.3 Å². The largest absolute Gasteiger partial charge is 0.381 e. The summed E-state index contributed by atoms with van der Waals surface area (Å²) in [5.41, 5.74) is 2.43. The Kier molecular flexibility index (Phi) is 5.69. The number of halogens is 3. The van der Waals surface area contributed by atoms with Gasteiger partial charge in [-0.3, -0.25) is 4.79 Å². The van der Waals surface area contributed by atoms with Gasteiger partial charge in [-0.15, -0.1) is 0 Å². The molecule has 2 aliphatic rings. The van der Waals surface area contributed by atoms with Gasteiger partial charge in [-0.25, -0.2) is 13.2 Å². The first-order valence-corrected chi connectivity index (χ1v) is 11.5. The first-order valence-electron chi connectivity index (χ1n) is 11.5. The second-order valence-corrected chi connectivity index (χ2v) is 9.45. The van der Waals surface area contributed by atoms with Crippen LogP contribution in [0.4, 0.5) is 13.2 Å². The average molecular weight is 457 g/mol. The Morgan fingerprint density at radius 3 is 2.52 bits per heavy atom. The van der Waals surface area contributed by atoms with Crippen molar-refractivity contribution in [2.45, 2.75) is 38.5 Å². The maximum absolute atomic E-state index is 14.5. The van der Waals surface area contributed by atoms with Crippen LogP contribution in [-0.4, -0.2) is 30.6 Å². The van der Waals surface area contributed by atoms with Crippen molar-refractivity contribution < 1.29 is 22.7 Å². The van der Waals surface area contributed by atoms with Crippen LogP contribution in [-0.2, 0) is 9.53 Å². The third kappa shape index (κ3) is 4.26. The van der Waals surface area contributed by atoms with Crippen LogP contribution in [0.1, 0.15) is 44.1 Å². The van der Waals surface area contributed by atoms with Gasteiger partial charge in [-0.1, -0.05) is 0 Å². The number of aromatic amines is 1. The van der Waals surface area contributed by atoms with Crippen molar-refractivity contribution in [3.63, 3.8) is 0 Å². The van der Waals surface area contributed by atoms with Crippen LogP contribution in [0.25, 0.3) is 22.2 Å². The van der Waals surface area contributed by atoms with Crippen LogP contribution in [0.3, 0.4) is 0 Å². The lowest BCUT2D eigenvalue weighted by molar-refractivity contribution is -0.128. The molecule has 2 aromatic carbocycles. The van der Waals surface area contributed by atoms with E-state index in [0.717, 1.165) is 24.5 Å². The fourth-order valence-electron chi connectivity index (χ4n) is 4.86. The summed E-state index contributed by atoms with van der Waals surface area (Å²) in [6.45, 7) is 3.93. The molecule has 0 unspecified atom stereocenters. The summed E-state index contributed by atoms with van der Waals surface area (Å²) in [7, 11) is 0. The van der Waals surface area contributed by atoms with Gasteiger partial charge in [0.05, 0.1) is 17.8 Å². The van der Waals surface area contributed by atoms with E-state index in [1.807, 2.05) is 6.92 Å². The second kappa shape index (κ2) is 8.52. The number of carbonyl (C=O) groups excluding carboxylic acids is 1. The Morgan fingerprint density at radius 1 is 1.12 bits per heavy atom. The molecule has 174 valence electrons. The molecule has 1 amide bonds. The molecule has 0 saturated heterocycles. The molecular formula is C26H27F3N2O2. The standard InChI is InChI=1S/C26H27F3N2O2/c1-2-33-14-26(7-8-26)13-30-25(32)17-9-16(10-17)22-20-11-19(28)12-21(29)24(20)31-23(22)15-3-5-18(27)6-4-15/h3-6,11-12,16-17,31H,2,7-10,13-14H2,1H3,(H,30,32). The Hall–Kier alpha value is -2.80. The SMILES string of the molecule is CCOCC1(CNC(=O)C2CC(c3c(-c4ccc(F)cc4)[nH]c4c(F)cc(F)cc34)C2)CC1. The Balaban J connectivity index is 1.35. The van der Waals surface area contributed by atoms with Gasteiger partial charge < -0.3 is 15.0 Å². The van der Waals surface area contributed by atoms with Crippen molar-refractivity contribution in [3.8, 4) is 11.3 Å². The molecule has 4 nitrogen and oxygen atoms in total. The van der Waals surface area contributed by atoms with E-state index < -0.39 is 11.6 Å². The fourth-order valence-corrected chi connectivity index (χ4v) is 4.86. The van der Waals surface area contributed by atoms with Gasteiger partial charge >= 0.3 is 0 Å². The normalized spacial score (nSPS) is 21.1. The van der Waals surface area contributed by atoms with Crippen LogP contribution >= 0.6 is 0 Å². The summed E-state index contributed by atoms with van der Waals surface area (Å²) in [6, 6.07) is 8.10. The zero-order chi connectivity index (χ0) is 23.2. The van der Waals surface area contributed by atoms with Crippen molar-refractivity contribution >= 4 is 16.8 Å². The molecule has 2 aliphatic carbocycles. The highest BCUT2D eigenvalue weighted by Crippen LogP contribution is 2.49. The number of benzene rings is 2. The summed E-state index contributed by atoms with van der Waals surface area (Å²) in [4.78, 5) is 15.8. The van der Waals surface area contributed by atoms with Crippen LogP contribution in [0.15, 0.2) is 36.4 Å². The van der Waals surface area contributed by atoms with Crippen LogP contribution in [0, 0.1) is 28.8 Å². The molecule has 1 heterocycles. The van der Waals surface area contributed by atoms with E-state index in [0.29, 0.717) is 49.2 Å². The number of hydrogen-bond donors (Lipinski definition) is 2. The first kappa shape index (κ1) is 22.0. The number of carbonyl (C=O) groups is 1. The molecule has 2 fully saturated rings. The molecule has 2 saturated carbocycles. The molecule has 0 aliphatic heterocycles. The average Bonchev–Trinajstić information content (AvgIpc) is 3.44. The van der Waals surface area contributed by atoms with E-state index in [2.05, 4.69) is 10.3 Å². The van der Waals surface area contributed by atoms with E-state index in [1.54, 1.807) is 12.1 Å². The molecule has 33 heavy (non-hydrogen) atoms. The number of ether oxygens (including phenoxy) is 1. The predicted octanol–water partition coefficient (Wildman–Crippen LogP) is 5.68. The van der Waals surface area contributed by atoms with E-state index in [-0.39, 0.29) is 34.5 Å². The van der Waals surface area contributed by atoms with Gasteiger partial charge in [-0.05, 0) is 80.0 Å². The molecule has 0 radical (unpaired) electrons. The summed E-state index contributed by atoms with van der Waals surface area (Å²) >= 11 is 0. The highest BCUT2D eigenvalue weighted by atomic mass is 19.1. The molecule has 5 rings (SSSR count). The van der Waals surface area contributed by atoms with Crippen LogP contribution in [0.5, 0.6) is 0 Å². The monoisotopic (exact) mass is 456 g/mol. The minimum Gasteiger partial charge on any atom is -0.381 e. The zero-order valence-electron chi connectivity index (χ0n) is 18.5. The van der Waals surface area contributed by atoms with E-state index in [1.165, 1.54) is 18.2 Å². The Labute approximate surface area is 190 Å². The van der Waals surface area contributed by atoms with Crippen molar-refractivity contribution in [1.29, 1.82) is 0 Å². The molecule has 1 aromatic heterocycles. The lowest BCUT2D eigenvalue weighted by Crippen LogP contribution is -2.41. The highest BCUT2D eigenvalue weighted by molar-refractivity contribution is 5.92. The molecule has 0 spiro atoms. The summed E-state index contributed by atoms with van der Waals surface area (Å²) < 4.78 is 47.6. The van der Waals surface area contributed by atoms with Gasteiger partial charge in [0.25, 0.3) is 0 Å². The van der Waals surface area contributed by atoms with Gasteiger partial charge in [0, 0.05) is 35.9 Å². The van der Waals surface area contributed by atoms with Gasteiger partial charge in [0.15, 0.2) is 0 Å². The minimum atomic E-state index is -0.669. The number of amides is 1. The lowest BCUT2D eigenvalue weighted by atomic mass is 9.70. The molecule has 3 aromatic rings. The van der Waals surface area contributed by atoms with E-state index in [9.17, 15) is 18.0 Å². The van der Waals surface area contributed by atoms with E-state index in [4.69, 9.17) is 4.74 Å². The van der Waals surface area contributed by atoms with Crippen molar-refractivity contribution in [2.75, 3.05) is 19.8 Å². The number of hydrogen-bond acceptors (Lipinski definition) is 2. The van der Waals surface area contributed by atoms with Crippen molar-refractivity contribution in [3.05, 3.63) is 59.4 Å². The second-order valence-electron chi connectivity index (χ2n) is 9.45. The number of nitrogens with one attached hydrogen (secondary N) is 2. The summed E-state index contributed by atoms with van der Waals surface area (Å²) in [5.74, 6) is -1.82. The van der Waals surface area contributed by atoms with Crippen LogP contribution in [0.2, 0.25) is 0 Å². The molecule has 0 bridgehead atoms. The Morgan fingerprint density at radius 2 is 1.85 bits per heavy atom. The van der Waals surface area contributed by atoms with Crippen molar-refractivity contribution in [1.82, 2.24) is 10.3 Å². The number of fused-ring (bicyclic) bond motifs is 1. The molecule has 0 atom stereocenters. The zero-order valence-corrected chi connectivity index (χ0v) is 18.5. The maximum atomic E-state index is 14.5. The van der Waals surface area contributed by atoms with Gasteiger partial charge in [-0.2, -0.15) is 0 Å². The Bertz CT molecular complexity index is 1180. The van der Waals surface area contributed by atoms with Crippen LogP contribution < -0.4 is 5.32 Å². The number of rotatable bonds is 8. The first-order chi connectivity index (χ1) is 15.9. The molecule has 7 heteroatoms. The lowest BCUT2D eigenvalue weighted by Gasteiger charge is -2.35. The third-order valence-electron chi connectivity index (χ3n) is 7.12. The maximum Gasteiger partial charge on any atom is 0.223 e. The summed E-state index contributed by atoms with van der Waals surface area (Å²) in [5, 5.41) is 3.56. The fraction of sp³-hybridized carbons (Fsp3) is 0.423. The number of aromatic nitrogens is 1. The highest BCUT2D eigenvalue weighted by Gasteiger charge is 2.44. The molecule has 2 N–H and O–H groups in total. The summed E-state index contributed by atoms with van der Waals surface area (Å²) in [6.07, 6.45) is 3.33. The topological polar surface area (TPSA) is 54.1 Å². The van der Waals surface area contributed by atoms with Gasteiger partial charge in [0.2, 0.25) is 5.91 Å². The number of H-pyrrole nitrogens is 1.